The summed E-state index contributed by atoms with van der Waals surface area (Å²) in [6, 6.07) is 1.59. The summed E-state index contributed by atoms with van der Waals surface area (Å²) in [5, 5.41) is 11.7. The highest BCUT2D eigenvalue weighted by molar-refractivity contribution is 6.32. The van der Waals surface area contributed by atoms with Crippen LogP contribution in [0, 0.1) is 0 Å². The molecule has 0 fully saturated rings. The van der Waals surface area contributed by atoms with Crippen LogP contribution in [0.4, 0.5) is 0 Å². The van der Waals surface area contributed by atoms with Crippen LogP contribution in [0.3, 0.4) is 0 Å². The minimum atomic E-state index is -1.40. The van der Waals surface area contributed by atoms with Gasteiger partial charge in [-0.25, -0.2) is 4.79 Å². The van der Waals surface area contributed by atoms with Crippen LogP contribution >= 0.6 is 0 Å². The molecule has 0 spiro atoms. The molecule has 0 bridgehead atoms. The number of ketones is 1. The SMILES string of the molecule is O=C(O)C(=O)CCc1ccon1. The molecule has 0 aliphatic heterocycles. The number of hydrogen-bond donors (Lipinski definition) is 1. The fraction of sp³-hybridized carbons (Fsp3) is 0.286. The molecule has 5 heteroatoms. The molecule has 0 amide bonds. The Balaban J connectivity index is 2.37. The third-order valence-electron chi connectivity index (χ3n) is 1.34. The molecular weight excluding hydrogens is 162 g/mol. The smallest absolute Gasteiger partial charge is 0.372 e. The number of carboxylic acid groups (broad SMARTS) is 1. The normalized spacial score (nSPS) is 9.67. The second kappa shape index (κ2) is 3.66. The lowest BCUT2D eigenvalue weighted by atomic mass is 10.2. The third-order valence-corrected chi connectivity index (χ3v) is 1.34. The van der Waals surface area contributed by atoms with Crippen LogP contribution in [-0.2, 0) is 16.0 Å². The van der Waals surface area contributed by atoms with Crippen molar-refractivity contribution in [2.75, 3.05) is 0 Å². The molecule has 1 aromatic rings. The number of carbonyl (C=O) groups excluding carboxylic acids is 1. The van der Waals surface area contributed by atoms with Crippen LogP contribution in [-0.4, -0.2) is 22.0 Å². The first kappa shape index (κ1) is 8.45. The van der Waals surface area contributed by atoms with Crippen LogP contribution in [0.1, 0.15) is 12.1 Å². The summed E-state index contributed by atoms with van der Waals surface area (Å²) < 4.78 is 4.50. The van der Waals surface area contributed by atoms with Crippen LogP contribution < -0.4 is 0 Å². The van der Waals surface area contributed by atoms with Gasteiger partial charge in [-0.3, -0.25) is 4.79 Å². The van der Waals surface area contributed by atoms with Gasteiger partial charge in [0.2, 0.25) is 5.78 Å². The molecule has 5 nitrogen and oxygen atoms in total. The van der Waals surface area contributed by atoms with E-state index in [2.05, 4.69) is 9.68 Å². The zero-order valence-corrected chi connectivity index (χ0v) is 6.19. The second-order valence-corrected chi connectivity index (χ2v) is 2.22. The van der Waals surface area contributed by atoms with E-state index in [0.717, 1.165) is 0 Å². The molecule has 0 unspecified atom stereocenters. The molecule has 12 heavy (non-hydrogen) atoms. The van der Waals surface area contributed by atoms with Crippen LogP contribution in [0.2, 0.25) is 0 Å². The average Bonchev–Trinajstić information content (AvgIpc) is 2.51. The highest BCUT2D eigenvalue weighted by Gasteiger charge is 2.11. The number of aryl methyl sites for hydroxylation is 1. The number of aliphatic carboxylic acids is 1. The fourth-order valence-electron chi connectivity index (χ4n) is 0.715. The van der Waals surface area contributed by atoms with Gasteiger partial charge in [0.15, 0.2) is 0 Å². The Morgan fingerprint density at radius 2 is 2.33 bits per heavy atom. The molecule has 1 aromatic heterocycles. The quantitative estimate of drug-likeness (QED) is 0.654. The lowest BCUT2D eigenvalue weighted by molar-refractivity contribution is -0.149. The van der Waals surface area contributed by atoms with Crippen molar-refractivity contribution in [3.63, 3.8) is 0 Å². The van der Waals surface area contributed by atoms with Gasteiger partial charge in [0.1, 0.15) is 6.26 Å². The maximum atomic E-state index is 10.6. The molecule has 1 rings (SSSR count). The summed E-state index contributed by atoms with van der Waals surface area (Å²) in [5.74, 6) is -2.21. The summed E-state index contributed by atoms with van der Waals surface area (Å²) >= 11 is 0. The number of carboxylic acids is 1. The summed E-state index contributed by atoms with van der Waals surface area (Å²) in [6.45, 7) is 0. The second-order valence-electron chi connectivity index (χ2n) is 2.22. The summed E-state index contributed by atoms with van der Waals surface area (Å²) in [5.41, 5.74) is 0.588. The highest BCUT2D eigenvalue weighted by Crippen LogP contribution is 1.99. The van der Waals surface area contributed by atoms with Crippen molar-refractivity contribution in [2.24, 2.45) is 0 Å². The van der Waals surface area contributed by atoms with Crippen molar-refractivity contribution in [3.05, 3.63) is 18.0 Å². The maximum absolute atomic E-state index is 10.6. The fourth-order valence-corrected chi connectivity index (χ4v) is 0.715. The van der Waals surface area contributed by atoms with Gasteiger partial charge >= 0.3 is 5.97 Å². The highest BCUT2D eigenvalue weighted by atomic mass is 16.5. The van der Waals surface area contributed by atoms with Crippen molar-refractivity contribution < 1.29 is 19.2 Å². The molecule has 0 aromatic carbocycles. The van der Waals surface area contributed by atoms with Gasteiger partial charge in [0.25, 0.3) is 0 Å². The number of hydrogen-bond acceptors (Lipinski definition) is 4. The zero-order chi connectivity index (χ0) is 8.97. The standard InChI is InChI=1S/C7H7NO4/c9-6(7(10)11)2-1-5-3-4-12-8-5/h3-4H,1-2H2,(H,10,11). The maximum Gasteiger partial charge on any atom is 0.372 e. The van der Waals surface area contributed by atoms with E-state index in [-0.39, 0.29) is 6.42 Å². The molecule has 1 heterocycles. The lowest BCUT2D eigenvalue weighted by Crippen LogP contribution is -2.12. The number of Topliss-reactive ketones (excluding diaryl/α,β-unsaturated/α-hetero) is 1. The first-order valence-electron chi connectivity index (χ1n) is 3.35. The van der Waals surface area contributed by atoms with E-state index < -0.39 is 11.8 Å². The first-order chi connectivity index (χ1) is 5.70. The minimum Gasteiger partial charge on any atom is -0.476 e. The van der Waals surface area contributed by atoms with Crippen molar-refractivity contribution >= 4 is 11.8 Å². The van der Waals surface area contributed by atoms with E-state index in [0.29, 0.717) is 12.1 Å². The molecule has 0 saturated carbocycles. The first-order valence-corrected chi connectivity index (χ1v) is 3.35. The van der Waals surface area contributed by atoms with Gasteiger partial charge in [-0.2, -0.15) is 0 Å². The molecule has 0 aliphatic carbocycles. The molecule has 1 N–H and O–H groups in total. The third kappa shape index (κ3) is 2.19. The summed E-state index contributed by atoms with van der Waals surface area (Å²) in [6.07, 6.45) is 1.64. The van der Waals surface area contributed by atoms with Crippen LogP contribution in [0.15, 0.2) is 16.9 Å². The lowest BCUT2D eigenvalue weighted by Gasteiger charge is -1.90. The largest absolute Gasteiger partial charge is 0.476 e. The van der Waals surface area contributed by atoms with Gasteiger partial charge in [-0.05, 0) is 0 Å². The summed E-state index contributed by atoms with van der Waals surface area (Å²) in [7, 11) is 0. The van der Waals surface area contributed by atoms with Gasteiger partial charge in [-0.15, -0.1) is 0 Å². The Morgan fingerprint density at radius 1 is 1.58 bits per heavy atom. The van der Waals surface area contributed by atoms with Gasteiger partial charge in [-0.1, -0.05) is 5.16 Å². The Labute approximate surface area is 68.0 Å². The molecule has 64 valence electrons. The van der Waals surface area contributed by atoms with E-state index in [1.54, 1.807) is 6.07 Å². The average molecular weight is 169 g/mol. The predicted octanol–water partition coefficient (Wildman–Crippen LogP) is 0.261. The topological polar surface area (TPSA) is 80.4 Å². The van der Waals surface area contributed by atoms with E-state index in [1.807, 2.05) is 0 Å². The molecular formula is C7H7NO4. The Hall–Kier alpha value is -1.65. The molecule has 0 aliphatic rings. The Kier molecular flexibility index (Phi) is 2.57. The number of rotatable bonds is 4. The number of aromatic nitrogens is 1. The van der Waals surface area contributed by atoms with E-state index >= 15 is 0 Å². The van der Waals surface area contributed by atoms with Gasteiger partial charge in [0, 0.05) is 18.9 Å². The van der Waals surface area contributed by atoms with Crippen molar-refractivity contribution in [1.29, 1.82) is 0 Å². The molecule has 0 radical (unpaired) electrons. The van der Waals surface area contributed by atoms with E-state index in [9.17, 15) is 9.59 Å². The van der Waals surface area contributed by atoms with Gasteiger partial charge < -0.3 is 9.63 Å². The monoisotopic (exact) mass is 169 g/mol. The van der Waals surface area contributed by atoms with E-state index in [1.165, 1.54) is 6.26 Å². The molecule has 0 saturated heterocycles. The van der Waals surface area contributed by atoms with Crippen molar-refractivity contribution in [1.82, 2.24) is 5.16 Å². The minimum absolute atomic E-state index is 0.0398. The van der Waals surface area contributed by atoms with Crippen molar-refractivity contribution in [2.45, 2.75) is 12.8 Å². The molecule has 0 atom stereocenters. The summed E-state index contributed by atoms with van der Waals surface area (Å²) in [4.78, 5) is 20.6. The van der Waals surface area contributed by atoms with E-state index in [4.69, 9.17) is 5.11 Å². The Bertz CT molecular complexity index is 278. The van der Waals surface area contributed by atoms with Crippen molar-refractivity contribution in [3.8, 4) is 0 Å². The Morgan fingerprint density at radius 3 is 2.83 bits per heavy atom. The van der Waals surface area contributed by atoms with Crippen LogP contribution in [0.25, 0.3) is 0 Å². The van der Waals surface area contributed by atoms with Gasteiger partial charge in [0.05, 0.1) is 5.69 Å². The van der Waals surface area contributed by atoms with Crippen LogP contribution in [0.5, 0.6) is 0 Å². The number of carbonyl (C=O) groups is 2. The number of nitrogens with zero attached hydrogens (tertiary/aromatic N) is 1. The predicted molar refractivity (Wildman–Crippen MR) is 37.5 cm³/mol. The zero-order valence-electron chi connectivity index (χ0n) is 6.19.